The molecule has 0 N–H and O–H groups in total. The number of nitrogens with zero attached hydrogens (tertiary/aromatic N) is 5. The van der Waals surface area contributed by atoms with E-state index in [1.807, 2.05) is 0 Å². The Morgan fingerprint density at radius 2 is 2.00 bits per heavy atom. The molecular formula is C17H17N5O2S2. The molecule has 1 aliphatic heterocycles. The molecule has 0 aromatic carbocycles. The van der Waals surface area contributed by atoms with Gasteiger partial charge in [-0.15, -0.1) is 11.3 Å². The van der Waals surface area contributed by atoms with Gasteiger partial charge in [-0.2, -0.15) is 11.3 Å². The largest absolute Gasteiger partial charge is 0.354 e. The van der Waals surface area contributed by atoms with Crippen LogP contribution < -0.4 is 4.90 Å². The fourth-order valence-corrected chi connectivity index (χ4v) is 4.46. The van der Waals surface area contributed by atoms with Crippen molar-refractivity contribution in [3.05, 3.63) is 56.3 Å². The highest BCUT2D eigenvalue weighted by Crippen LogP contribution is 2.26. The van der Waals surface area contributed by atoms with Gasteiger partial charge in [-0.3, -0.25) is 15.0 Å². The van der Waals surface area contributed by atoms with Gasteiger partial charge in [-0.1, -0.05) is 0 Å². The van der Waals surface area contributed by atoms with Crippen molar-refractivity contribution < 1.29 is 4.92 Å². The second-order valence-electron chi connectivity index (χ2n) is 6.05. The van der Waals surface area contributed by atoms with Crippen molar-refractivity contribution in [2.45, 2.75) is 6.54 Å². The molecule has 0 atom stereocenters. The number of hydrogen-bond donors (Lipinski definition) is 0. The van der Waals surface area contributed by atoms with Crippen molar-refractivity contribution in [3.8, 4) is 10.6 Å². The smallest absolute Gasteiger partial charge is 0.287 e. The zero-order chi connectivity index (χ0) is 17.9. The van der Waals surface area contributed by atoms with Crippen LogP contribution >= 0.6 is 22.7 Å². The fourth-order valence-electron chi connectivity index (χ4n) is 2.94. The quantitative estimate of drug-likeness (QED) is 0.493. The van der Waals surface area contributed by atoms with Gasteiger partial charge in [-0.25, -0.2) is 9.97 Å². The molecule has 0 bridgehead atoms. The highest BCUT2D eigenvalue weighted by Gasteiger charge is 2.19. The van der Waals surface area contributed by atoms with Crippen LogP contribution in [-0.2, 0) is 6.54 Å². The molecule has 4 heterocycles. The Labute approximate surface area is 158 Å². The minimum absolute atomic E-state index is 0.0253. The van der Waals surface area contributed by atoms with Crippen molar-refractivity contribution in [3.63, 3.8) is 0 Å². The van der Waals surface area contributed by atoms with E-state index in [-0.39, 0.29) is 5.69 Å². The van der Waals surface area contributed by atoms with E-state index in [0.717, 1.165) is 49.2 Å². The molecule has 0 amide bonds. The first-order valence-electron chi connectivity index (χ1n) is 8.24. The fraction of sp³-hybridized carbons (Fsp3) is 0.294. The minimum Gasteiger partial charge on any atom is -0.354 e. The number of rotatable bonds is 5. The third-order valence-corrected chi connectivity index (χ3v) is 5.97. The van der Waals surface area contributed by atoms with Crippen LogP contribution in [0.4, 0.5) is 11.5 Å². The van der Waals surface area contributed by atoms with Crippen molar-refractivity contribution in [1.82, 2.24) is 14.9 Å². The summed E-state index contributed by atoms with van der Waals surface area (Å²) >= 11 is 3.38. The van der Waals surface area contributed by atoms with Gasteiger partial charge in [0.15, 0.2) is 0 Å². The monoisotopic (exact) mass is 387 g/mol. The van der Waals surface area contributed by atoms with E-state index >= 15 is 0 Å². The average Bonchev–Trinajstić information content (AvgIpc) is 3.34. The number of hydrogen-bond acceptors (Lipinski definition) is 8. The molecule has 1 fully saturated rings. The number of pyridine rings is 1. The maximum atomic E-state index is 10.7. The topological polar surface area (TPSA) is 75.4 Å². The average molecular weight is 387 g/mol. The van der Waals surface area contributed by atoms with Crippen molar-refractivity contribution in [1.29, 1.82) is 0 Å². The normalized spacial score (nSPS) is 15.3. The maximum absolute atomic E-state index is 10.7. The molecule has 134 valence electrons. The second kappa shape index (κ2) is 7.48. The maximum Gasteiger partial charge on any atom is 0.287 e. The summed E-state index contributed by atoms with van der Waals surface area (Å²) in [6.07, 6.45) is 1.32. The van der Waals surface area contributed by atoms with E-state index in [2.05, 4.69) is 37.0 Å². The summed E-state index contributed by atoms with van der Waals surface area (Å²) in [5.74, 6) is 0.795. The first-order chi connectivity index (χ1) is 12.7. The number of aromatic nitrogens is 2. The van der Waals surface area contributed by atoms with Crippen LogP contribution in [0.5, 0.6) is 0 Å². The van der Waals surface area contributed by atoms with Crippen molar-refractivity contribution >= 4 is 34.2 Å². The molecule has 0 spiro atoms. The van der Waals surface area contributed by atoms with Gasteiger partial charge >= 0.3 is 0 Å². The molecule has 3 aromatic rings. The number of thiazole rings is 1. The highest BCUT2D eigenvalue weighted by atomic mass is 32.1. The predicted octanol–water partition coefficient (Wildman–Crippen LogP) is 3.50. The van der Waals surface area contributed by atoms with Gasteiger partial charge in [0, 0.05) is 55.1 Å². The lowest BCUT2D eigenvalue weighted by molar-refractivity contribution is -0.385. The van der Waals surface area contributed by atoms with Crippen LogP contribution in [0.3, 0.4) is 0 Å². The first kappa shape index (κ1) is 17.1. The first-order valence-corrected chi connectivity index (χ1v) is 10.1. The summed E-state index contributed by atoms with van der Waals surface area (Å²) in [5, 5.41) is 18.1. The van der Waals surface area contributed by atoms with E-state index in [9.17, 15) is 10.1 Å². The van der Waals surface area contributed by atoms with Crippen LogP contribution in [0.1, 0.15) is 5.69 Å². The summed E-state index contributed by atoms with van der Waals surface area (Å²) in [7, 11) is 0. The number of nitro groups is 1. The van der Waals surface area contributed by atoms with Crippen LogP contribution in [0.25, 0.3) is 10.6 Å². The van der Waals surface area contributed by atoms with Gasteiger partial charge < -0.3 is 4.90 Å². The van der Waals surface area contributed by atoms with E-state index < -0.39 is 4.92 Å². The third-order valence-electron chi connectivity index (χ3n) is 4.34. The molecule has 0 radical (unpaired) electrons. The zero-order valence-electron chi connectivity index (χ0n) is 13.9. The molecule has 3 aromatic heterocycles. The third kappa shape index (κ3) is 3.74. The predicted molar refractivity (Wildman–Crippen MR) is 104 cm³/mol. The van der Waals surface area contributed by atoms with Gasteiger partial charge in [0.25, 0.3) is 5.69 Å². The summed E-state index contributed by atoms with van der Waals surface area (Å²) in [6.45, 7) is 4.40. The molecule has 9 heteroatoms. The number of thiophene rings is 1. The molecule has 0 unspecified atom stereocenters. The Balaban J connectivity index is 1.33. The molecule has 7 nitrogen and oxygen atoms in total. The SMILES string of the molecule is O=[N+]([O-])c1ccc(N2CCN(Cc3csc(-c4ccsc4)n3)CC2)nc1. The Hall–Kier alpha value is -2.36. The molecule has 0 aliphatic carbocycles. The Morgan fingerprint density at radius 3 is 2.65 bits per heavy atom. The van der Waals surface area contributed by atoms with Crippen LogP contribution in [0.15, 0.2) is 40.5 Å². The van der Waals surface area contributed by atoms with Crippen LogP contribution in [0, 0.1) is 10.1 Å². The lowest BCUT2D eigenvalue weighted by Gasteiger charge is -2.35. The standard InChI is InChI=1S/C17H17N5O2S2/c23-22(24)15-1-2-16(18-9-15)21-6-4-20(5-7-21)10-14-12-26-17(19-14)13-3-8-25-11-13/h1-3,8-9,11-12H,4-7,10H2. The summed E-state index contributed by atoms with van der Waals surface area (Å²) < 4.78 is 0. The minimum atomic E-state index is -0.424. The van der Waals surface area contributed by atoms with Gasteiger partial charge in [0.1, 0.15) is 17.0 Å². The lowest BCUT2D eigenvalue weighted by atomic mass is 10.3. The Bertz CT molecular complexity index is 871. The molecule has 1 aliphatic rings. The highest BCUT2D eigenvalue weighted by molar-refractivity contribution is 7.14. The van der Waals surface area contributed by atoms with E-state index in [1.165, 1.54) is 17.8 Å². The van der Waals surface area contributed by atoms with E-state index in [1.54, 1.807) is 28.7 Å². The Kier molecular flexibility index (Phi) is 4.91. The van der Waals surface area contributed by atoms with Crippen LogP contribution in [0.2, 0.25) is 0 Å². The second-order valence-corrected chi connectivity index (χ2v) is 7.69. The molecular weight excluding hydrogens is 370 g/mol. The van der Waals surface area contributed by atoms with Gasteiger partial charge in [-0.05, 0) is 17.5 Å². The molecule has 0 saturated carbocycles. The van der Waals surface area contributed by atoms with Gasteiger partial charge in [0.2, 0.25) is 0 Å². The molecule has 4 rings (SSSR count). The summed E-state index contributed by atoms with van der Waals surface area (Å²) in [4.78, 5) is 23.8. The lowest BCUT2D eigenvalue weighted by Crippen LogP contribution is -2.46. The zero-order valence-corrected chi connectivity index (χ0v) is 15.6. The van der Waals surface area contributed by atoms with Crippen LogP contribution in [-0.4, -0.2) is 46.0 Å². The summed E-state index contributed by atoms with van der Waals surface area (Å²) in [6, 6.07) is 5.33. The van der Waals surface area contributed by atoms with Crippen molar-refractivity contribution in [2.75, 3.05) is 31.1 Å². The molecule has 1 saturated heterocycles. The van der Waals surface area contributed by atoms with E-state index in [0.29, 0.717) is 0 Å². The summed E-state index contributed by atoms with van der Waals surface area (Å²) in [5.41, 5.74) is 2.33. The number of anilines is 1. The Morgan fingerprint density at radius 1 is 1.15 bits per heavy atom. The molecule has 26 heavy (non-hydrogen) atoms. The van der Waals surface area contributed by atoms with Gasteiger partial charge in [0.05, 0.1) is 10.6 Å². The number of piperazine rings is 1. The van der Waals surface area contributed by atoms with Crippen molar-refractivity contribution in [2.24, 2.45) is 0 Å². The van der Waals surface area contributed by atoms with E-state index in [4.69, 9.17) is 4.98 Å².